The van der Waals surface area contributed by atoms with E-state index in [-0.39, 0.29) is 5.82 Å². The molecule has 0 saturated carbocycles. The molecule has 1 aromatic heterocycles. The Bertz CT molecular complexity index is 465. The summed E-state index contributed by atoms with van der Waals surface area (Å²) in [6.07, 6.45) is -0.0788. The molecule has 1 heterocycles. The molecule has 1 nitrogen and oxygen atoms in total. The van der Waals surface area contributed by atoms with Gasteiger partial charge in [0, 0.05) is 11.3 Å². The van der Waals surface area contributed by atoms with Gasteiger partial charge in [0.05, 0.1) is 6.10 Å². The van der Waals surface area contributed by atoms with Crippen LogP contribution in [0.15, 0.2) is 35.7 Å². The topological polar surface area (TPSA) is 20.2 Å². The van der Waals surface area contributed by atoms with E-state index in [4.69, 9.17) is 0 Å². The smallest absolute Gasteiger partial charge is 0.123 e. The number of benzene rings is 1. The van der Waals surface area contributed by atoms with E-state index in [1.807, 2.05) is 24.4 Å². The minimum Gasteiger partial charge on any atom is -0.387 e. The molecule has 16 heavy (non-hydrogen) atoms. The lowest BCUT2D eigenvalue weighted by atomic mass is 10.0. The minimum absolute atomic E-state index is 0.251. The Morgan fingerprint density at radius 1 is 1.38 bits per heavy atom. The summed E-state index contributed by atoms with van der Waals surface area (Å²) in [5.41, 5.74) is 1.87. The summed E-state index contributed by atoms with van der Waals surface area (Å²) in [7, 11) is 0. The predicted octanol–water partition coefficient (Wildman–Crippen LogP) is 3.47. The van der Waals surface area contributed by atoms with Crippen LogP contribution >= 0.6 is 11.3 Å². The zero-order chi connectivity index (χ0) is 11.5. The van der Waals surface area contributed by atoms with Gasteiger partial charge >= 0.3 is 0 Å². The number of halogens is 1. The summed E-state index contributed by atoms with van der Waals surface area (Å²) in [4.78, 5) is 0.920. The van der Waals surface area contributed by atoms with Gasteiger partial charge in [-0.3, -0.25) is 0 Å². The van der Waals surface area contributed by atoms with Crippen LogP contribution in [0.25, 0.3) is 0 Å². The van der Waals surface area contributed by atoms with Gasteiger partial charge in [0.1, 0.15) is 5.82 Å². The molecule has 0 aliphatic rings. The van der Waals surface area contributed by atoms with Crippen molar-refractivity contribution in [3.63, 3.8) is 0 Å². The Hall–Kier alpha value is -1.19. The molecule has 2 aromatic rings. The van der Waals surface area contributed by atoms with Crippen LogP contribution in [0.1, 0.15) is 22.1 Å². The van der Waals surface area contributed by atoms with E-state index >= 15 is 0 Å². The first-order chi connectivity index (χ1) is 7.66. The second kappa shape index (κ2) is 4.76. The second-order valence-corrected chi connectivity index (χ2v) is 4.79. The monoisotopic (exact) mass is 236 g/mol. The number of aliphatic hydroxyl groups excluding tert-OH is 1. The number of aliphatic hydroxyl groups is 1. The highest BCUT2D eigenvalue weighted by atomic mass is 32.1. The fourth-order valence-corrected chi connectivity index (χ4v) is 2.36. The average Bonchev–Trinajstić information content (AvgIpc) is 2.76. The van der Waals surface area contributed by atoms with Gasteiger partial charge in [-0.25, -0.2) is 4.39 Å². The summed E-state index contributed by atoms with van der Waals surface area (Å²) in [6, 6.07) is 8.47. The van der Waals surface area contributed by atoms with Crippen LogP contribution in [0.3, 0.4) is 0 Å². The summed E-state index contributed by atoms with van der Waals surface area (Å²) >= 11 is 1.52. The van der Waals surface area contributed by atoms with Crippen molar-refractivity contribution in [3.8, 4) is 0 Å². The standard InChI is InChI=1S/C13H13FOS/c1-9-4-5-11(14)7-10(9)8-12(15)13-3-2-6-16-13/h2-7,12,15H,8H2,1H3. The van der Waals surface area contributed by atoms with Crippen molar-refractivity contribution in [1.82, 2.24) is 0 Å². The maximum atomic E-state index is 13.1. The molecular weight excluding hydrogens is 223 g/mol. The van der Waals surface area contributed by atoms with Gasteiger partial charge in [-0.2, -0.15) is 0 Å². The van der Waals surface area contributed by atoms with E-state index in [1.54, 1.807) is 6.07 Å². The van der Waals surface area contributed by atoms with E-state index in [1.165, 1.54) is 23.5 Å². The minimum atomic E-state index is -0.541. The van der Waals surface area contributed by atoms with Crippen molar-refractivity contribution in [2.45, 2.75) is 19.4 Å². The Balaban J connectivity index is 2.17. The molecule has 1 atom stereocenters. The van der Waals surface area contributed by atoms with E-state index in [9.17, 15) is 9.50 Å². The van der Waals surface area contributed by atoms with E-state index in [2.05, 4.69) is 0 Å². The molecule has 0 aliphatic carbocycles. The Morgan fingerprint density at radius 3 is 2.88 bits per heavy atom. The highest BCUT2D eigenvalue weighted by Crippen LogP contribution is 2.24. The van der Waals surface area contributed by atoms with Crippen molar-refractivity contribution in [2.75, 3.05) is 0 Å². The zero-order valence-electron chi connectivity index (χ0n) is 8.98. The van der Waals surface area contributed by atoms with E-state index < -0.39 is 6.10 Å². The molecule has 3 heteroatoms. The molecular formula is C13H13FOS. The molecule has 2 rings (SSSR count). The van der Waals surface area contributed by atoms with Crippen molar-refractivity contribution in [2.24, 2.45) is 0 Å². The third-order valence-corrected chi connectivity index (χ3v) is 3.57. The summed E-state index contributed by atoms with van der Waals surface area (Å²) in [5.74, 6) is -0.251. The molecule has 0 aliphatic heterocycles. The molecule has 0 spiro atoms. The fraction of sp³-hybridized carbons (Fsp3) is 0.231. The van der Waals surface area contributed by atoms with Crippen molar-refractivity contribution < 1.29 is 9.50 Å². The maximum absolute atomic E-state index is 13.1. The van der Waals surface area contributed by atoms with E-state index in [0.717, 1.165) is 16.0 Å². The highest BCUT2D eigenvalue weighted by Gasteiger charge is 2.11. The molecule has 0 saturated heterocycles. The Kier molecular flexibility index (Phi) is 3.36. The zero-order valence-corrected chi connectivity index (χ0v) is 9.80. The molecule has 0 bridgehead atoms. The first-order valence-electron chi connectivity index (χ1n) is 5.13. The van der Waals surface area contributed by atoms with Crippen molar-refractivity contribution in [1.29, 1.82) is 0 Å². The van der Waals surface area contributed by atoms with Crippen LogP contribution in [-0.4, -0.2) is 5.11 Å². The highest BCUT2D eigenvalue weighted by molar-refractivity contribution is 7.10. The predicted molar refractivity (Wildman–Crippen MR) is 64.1 cm³/mol. The lowest BCUT2D eigenvalue weighted by molar-refractivity contribution is 0.182. The van der Waals surface area contributed by atoms with Crippen LogP contribution in [0.5, 0.6) is 0 Å². The number of rotatable bonds is 3. The average molecular weight is 236 g/mol. The Labute approximate surface area is 98.2 Å². The lowest BCUT2D eigenvalue weighted by Crippen LogP contribution is -2.01. The normalized spacial score (nSPS) is 12.7. The van der Waals surface area contributed by atoms with Gasteiger partial charge in [-0.05, 0) is 41.6 Å². The quantitative estimate of drug-likeness (QED) is 0.865. The van der Waals surface area contributed by atoms with Gasteiger partial charge < -0.3 is 5.11 Å². The van der Waals surface area contributed by atoms with Crippen LogP contribution < -0.4 is 0 Å². The first kappa shape index (κ1) is 11.3. The number of hydrogen-bond acceptors (Lipinski definition) is 2. The third kappa shape index (κ3) is 2.49. The van der Waals surface area contributed by atoms with Gasteiger partial charge in [0.2, 0.25) is 0 Å². The molecule has 84 valence electrons. The largest absolute Gasteiger partial charge is 0.387 e. The first-order valence-corrected chi connectivity index (χ1v) is 6.01. The van der Waals surface area contributed by atoms with Crippen molar-refractivity contribution in [3.05, 3.63) is 57.5 Å². The maximum Gasteiger partial charge on any atom is 0.123 e. The number of hydrogen-bond donors (Lipinski definition) is 1. The van der Waals surface area contributed by atoms with E-state index in [0.29, 0.717) is 6.42 Å². The molecule has 0 radical (unpaired) electrons. The molecule has 1 N–H and O–H groups in total. The van der Waals surface area contributed by atoms with Crippen LogP contribution in [0.4, 0.5) is 4.39 Å². The summed E-state index contributed by atoms with van der Waals surface area (Å²) in [5, 5.41) is 11.9. The number of thiophene rings is 1. The van der Waals surface area contributed by atoms with Crippen LogP contribution in [0, 0.1) is 12.7 Å². The molecule has 1 unspecified atom stereocenters. The van der Waals surface area contributed by atoms with Crippen LogP contribution in [0.2, 0.25) is 0 Å². The van der Waals surface area contributed by atoms with Gasteiger partial charge in [0.25, 0.3) is 0 Å². The van der Waals surface area contributed by atoms with Crippen LogP contribution in [-0.2, 0) is 6.42 Å². The summed E-state index contributed by atoms with van der Waals surface area (Å²) < 4.78 is 13.1. The van der Waals surface area contributed by atoms with Crippen molar-refractivity contribution >= 4 is 11.3 Å². The lowest BCUT2D eigenvalue weighted by Gasteiger charge is -2.11. The number of aryl methyl sites for hydroxylation is 1. The van der Waals surface area contributed by atoms with Gasteiger partial charge in [0.15, 0.2) is 0 Å². The SMILES string of the molecule is Cc1ccc(F)cc1CC(O)c1cccs1. The Morgan fingerprint density at radius 2 is 2.19 bits per heavy atom. The molecule has 1 aromatic carbocycles. The summed E-state index contributed by atoms with van der Waals surface area (Å²) in [6.45, 7) is 1.93. The molecule has 0 amide bonds. The third-order valence-electron chi connectivity index (χ3n) is 2.60. The second-order valence-electron chi connectivity index (χ2n) is 3.81. The van der Waals surface area contributed by atoms with Gasteiger partial charge in [-0.1, -0.05) is 12.1 Å². The molecule has 0 fully saturated rings. The fourth-order valence-electron chi connectivity index (χ4n) is 1.65. The van der Waals surface area contributed by atoms with Gasteiger partial charge in [-0.15, -0.1) is 11.3 Å².